The van der Waals surface area contributed by atoms with Gasteiger partial charge in [0.25, 0.3) is 0 Å². The average Bonchev–Trinajstić information content (AvgIpc) is 3.02. The molecule has 2 amide bonds. The number of urea groups is 1. The minimum atomic E-state index is -3.06. The van der Waals surface area contributed by atoms with Crippen LogP contribution in [-0.4, -0.2) is 64.1 Å². The average molecular weight is 339 g/mol. The zero-order chi connectivity index (χ0) is 16.9. The Bertz CT molecular complexity index is 619. The normalized spacial score (nSPS) is 18.0. The molecule has 1 saturated heterocycles. The third kappa shape index (κ3) is 5.13. The van der Waals surface area contributed by atoms with E-state index >= 15 is 0 Å². The second-order valence-corrected chi connectivity index (χ2v) is 8.35. The van der Waals surface area contributed by atoms with Crippen LogP contribution in [-0.2, 0) is 9.84 Å². The van der Waals surface area contributed by atoms with E-state index in [-0.39, 0.29) is 6.03 Å². The number of hydrogen-bond donors (Lipinski definition) is 1. The van der Waals surface area contributed by atoms with Crippen LogP contribution in [0.15, 0.2) is 30.3 Å². The lowest BCUT2D eigenvalue weighted by Gasteiger charge is -2.20. The summed E-state index contributed by atoms with van der Waals surface area (Å²) < 4.78 is 23.0. The number of likely N-dealkylation sites (tertiary alicyclic amines) is 1. The van der Waals surface area contributed by atoms with Gasteiger partial charge < -0.3 is 15.1 Å². The highest BCUT2D eigenvalue weighted by atomic mass is 32.2. The predicted octanol–water partition coefficient (Wildman–Crippen LogP) is 1.34. The van der Waals surface area contributed by atoms with Crippen molar-refractivity contribution in [2.24, 2.45) is 0 Å². The summed E-state index contributed by atoms with van der Waals surface area (Å²) in [5, 5.41) is 2.45. The highest BCUT2D eigenvalue weighted by Gasteiger charge is 2.32. The zero-order valence-electron chi connectivity index (χ0n) is 13.7. The Morgan fingerprint density at radius 1 is 1.35 bits per heavy atom. The first-order valence-corrected chi connectivity index (χ1v) is 9.81. The van der Waals surface area contributed by atoms with Crippen molar-refractivity contribution < 1.29 is 13.2 Å². The molecule has 1 aromatic carbocycles. The molecule has 1 N–H and O–H groups in total. The molecule has 0 unspecified atom stereocenters. The van der Waals surface area contributed by atoms with Crippen molar-refractivity contribution in [1.82, 2.24) is 10.2 Å². The van der Waals surface area contributed by atoms with Gasteiger partial charge in [-0.2, -0.15) is 0 Å². The molecule has 0 radical (unpaired) electrons. The third-order valence-electron chi connectivity index (χ3n) is 4.18. The van der Waals surface area contributed by atoms with Crippen LogP contribution in [0.25, 0.3) is 0 Å². The Morgan fingerprint density at radius 2 is 2.04 bits per heavy atom. The van der Waals surface area contributed by atoms with Crippen LogP contribution in [0, 0.1) is 0 Å². The fourth-order valence-electron chi connectivity index (χ4n) is 2.70. The number of hydrogen-bond acceptors (Lipinski definition) is 4. The van der Waals surface area contributed by atoms with Crippen LogP contribution in [0.2, 0.25) is 0 Å². The number of anilines is 1. The first kappa shape index (κ1) is 17.6. The van der Waals surface area contributed by atoms with Crippen LogP contribution >= 0.6 is 0 Å². The van der Waals surface area contributed by atoms with Crippen molar-refractivity contribution in [2.45, 2.75) is 18.1 Å². The summed E-state index contributed by atoms with van der Waals surface area (Å²) in [5.74, 6) is 0. The van der Waals surface area contributed by atoms with E-state index in [1.807, 2.05) is 37.4 Å². The number of nitrogens with one attached hydrogen (secondary N) is 1. The Labute approximate surface area is 138 Å². The lowest BCUT2D eigenvalue weighted by atomic mass is 10.3. The molecule has 7 heteroatoms. The SMILES string of the molecule is CN(CCCNC(=O)N1CC[C@H](S(C)(=O)=O)C1)c1ccccc1. The summed E-state index contributed by atoms with van der Waals surface area (Å²) in [6.07, 6.45) is 2.60. The molecule has 1 heterocycles. The monoisotopic (exact) mass is 339 g/mol. The molecule has 128 valence electrons. The topological polar surface area (TPSA) is 69.7 Å². The molecule has 1 aliphatic heterocycles. The van der Waals surface area contributed by atoms with E-state index in [0.717, 1.165) is 18.7 Å². The summed E-state index contributed by atoms with van der Waals surface area (Å²) in [4.78, 5) is 15.8. The number of carbonyl (C=O) groups is 1. The van der Waals surface area contributed by atoms with Crippen molar-refractivity contribution in [2.75, 3.05) is 44.4 Å². The molecule has 0 spiro atoms. The summed E-state index contributed by atoms with van der Waals surface area (Å²) in [5.41, 5.74) is 1.15. The maximum atomic E-state index is 12.0. The largest absolute Gasteiger partial charge is 0.375 e. The van der Waals surface area contributed by atoms with E-state index in [4.69, 9.17) is 0 Å². The van der Waals surface area contributed by atoms with Crippen molar-refractivity contribution >= 4 is 21.6 Å². The van der Waals surface area contributed by atoms with E-state index in [2.05, 4.69) is 10.2 Å². The first-order valence-electron chi connectivity index (χ1n) is 7.86. The molecule has 0 bridgehead atoms. The van der Waals surface area contributed by atoms with E-state index in [9.17, 15) is 13.2 Å². The van der Waals surface area contributed by atoms with Gasteiger partial charge in [0, 0.05) is 45.2 Å². The molecule has 6 nitrogen and oxygen atoms in total. The quantitative estimate of drug-likeness (QED) is 0.794. The standard InChI is InChI=1S/C16H25N3O3S/c1-18(14-7-4-3-5-8-14)11-6-10-17-16(20)19-12-9-15(13-19)23(2,21)22/h3-5,7-8,15H,6,9-13H2,1-2H3,(H,17,20)/t15-/m0/s1. The second-order valence-electron chi connectivity index (χ2n) is 6.03. The molecule has 1 aromatic rings. The first-order chi connectivity index (χ1) is 10.9. The van der Waals surface area contributed by atoms with Gasteiger partial charge in [-0.1, -0.05) is 18.2 Å². The van der Waals surface area contributed by atoms with Crippen LogP contribution in [0.4, 0.5) is 10.5 Å². The molecule has 0 aliphatic carbocycles. The van der Waals surface area contributed by atoms with Crippen LogP contribution < -0.4 is 10.2 Å². The third-order valence-corrected chi connectivity index (χ3v) is 5.78. The van der Waals surface area contributed by atoms with E-state index < -0.39 is 15.1 Å². The Balaban J connectivity index is 1.68. The number of carbonyl (C=O) groups excluding carboxylic acids is 1. The van der Waals surface area contributed by atoms with Gasteiger partial charge in [0.05, 0.1) is 5.25 Å². The number of benzene rings is 1. The number of sulfone groups is 1. The number of amides is 2. The Morgan fingerprint density at radius 3 is 2.65 bits per heavy atom. The van der Waals surface area contributed by atoms with E-state index in [1.54, 1.807) is 4.90 Å². The number of para-hydroxylation sites is 1. The molecule has 1 aliphatic rings. The zero-order valence-corrected chi connectivity index (χ0v) is 14.6. The summed E-state index contributed by atoms with van der Waals surface area (Å²) in [6.45, 7) is 2.23. The molecule has 2 rings (SSSR count). The highest BCUT2D eigenvalue weighted by Crippen LogP contribution is 2.16. The van der Waals surface area contributed by atoms with Crippen molar-refractivity contribution in [1.29, 1.82) is 0 Å². The van der Waals surface area contributed by atoms with Gasteiger partial charge in [0.2, 0.25) is 0 Å². The van der Waals surface area contributed by atoms with Gasteiger partial charge in [-0.15, -0.1) is 0 Å². The molecular formula is C16H25N3O3S. The van der Waals surface area contributed by atoms with Crippen LogP contribution in [0.5, 0.6) is 0 Å². The molecular weight excluding hydrogens is 314 g/mol. The predicted molar refractivity (Wildman–Crippen MR) is 92.5 cm³/mol. The van der Waals surface area contributed by atoms with Gasteiger partial charge >= 0.3 is 6.03 Å². The maximum absolute atomic E-state index is 12.0. The molecule has 1 fully saturated rings. The second kappa shape index (κ2) is 7.68. The Kier molecular flexibility index (Phi) is 5.87. The van der Waals surface area contributed by atoms with Gasteiger partial charge in [-0.25, -0.2) is 13.2 Å². The minimum absolute atomic E-state index is 0.168. The van der Waals surface area contributed by atoms with Gasteiger partial charge in [0.1, 0.15) is 0 Å². The van der Waals surface area contributed by atoms with Gasteiger partial charge in [-0.3, -0.25) is 0 Å². The Hall–Kier alpha value is -1.76. The summed E-state index contributed by atoms with van der Waals surface area (Å²) >= 11 is 0. The number of nitrogens with zero attached hydrogens (tertiary/aromatic N) is 2. The lowest BCUT2D eigenvalue weighted by molar-refractivity contribution is 0.209. The van der Waals surface area contributed by atoms with Crippen molar-refractivity contribution in [3.05, 3.63) is 30.3 Å². The van der Waals surface area contributed by atoms with Gasteiger partial charge in [-0.05, 0) is 25.0 Å². The number of rotatable bonds is 6. The molecule has 23 heavy (non-hydrogen) atoms. The molecule has 0 aromatic heterocycles. The van der Waals surface area contributed by atoms with E-state index in [0.29, 0.717) is 26.1 Å². The van der Waals surface area contributed by atoms with Gasteiger partial charge in [0.15, 0.2) is 9.84 Å². The highest BCUT2D eigenvalue weighted by molar-refractivity contribution is 7.91. The van der Waals surface area contributed by atoms with Crippen molar-refractivity contribution in [3.63, 3.8) is 0 Å². The fraction of sp³-hybridized carbons (Fsp3) is 0.562. The molecule has 1 atom stereocenters. The minimum Gasteiger partial charge on any atom is -0.375 e. The molecule has 0 saturated carbocycles. The maximum Gasteiger partial charge on any atom is 0.317 e. The van der Waals surface area contributed by atoms with Crippen LogP contribution in [0.1, 0.15) is 12.8 Å². The van der Waals surface area contributed by atoms with Crippen LogP contribution in [0.3, 0.4) is 0 Å². The lowest BCUT2D eigenvalue weighted by Crippen LogP contribution is -2.40. The fourth-order valence-corrected chi connectivity index (χ4v) is 3.68. The smallest absolute Gasteiger partial charge is 0.317 e. The van der Waals surface area contributed by atoms with E-state index in [1.165, 1.54) is 6.26 Å². The summed E-state index contributed by atoms with van der Waals surface area (Å²) in [6, 6.07) is 9.91. The summed E-state index contributed by atoms with van der Waals surface area (Å²) in [7, 11) is -1.04. The van der Waals surface area contributed by atoms with Crippen molar-refractivity contribution in [3.8, 4) is 0 Å².